The van der Waals surface area contributed by atoms with E-state index in [2.05, 4.69) is 31.0 Å². The minimum absolute atomic E-state index is 0.0127. The van der Waals surface area contributed by atoms with E-state index in [1.165, 1.54) is 45.2 Å². The highest BCUT2D eigenvalue weighted by Crippen LogP contribution is 2.43. The van der Waals surface area contributed by atoms with Gasteiger partial charge in [-0.3, -0.25) is 24.1 Å². The first-order chi connectivity index (χ1) is 29.4. The van der Waals surface area contributed by atoms with Crippen molar-refractivity contribution in [3.05, 3.63) is 119 Å². The Morgan fingerprint density at radius 3 is 2.25 bits per heavy atom. The molecule has 3 aromatic carbocycles. The molecule has 1 fully saturated rings. The molecule has 0 unspecified atom stereocenters. The third kappa shape index (κ3) is 9.44. The smallest absolute Gasteiger partial charge is 0.365 e. The molecule has 61 heavy (non-hydrogen) atoms. The molecule has 0 aliphatic carbocycles. The number of nitrogens with two attached hydrogens (primary N) is 1. The van der Waals surface area contributed by atoms with Crippen LogP contribution in [-0.4, -0.2) is 94.4 Å². The summed E-state index contributed by atoms with van der Waals surface area (Å²) in [6.45, 7) is 2.24. The van der Waals surface area contributed by atoms with Crippen molar-refractivity contribution in [2.45, 2.75) is 36.5 Å². The summed E-state index contributed by atoms with van der Waals surface area (Å²) in [4.78, 5) is 89.0. The number of rotatable bonds is 14. The Morgan fingerprint density at radius 2 is 1.64 bits per heavy atom. The first-order valence-corrected chi connectivity index (χ1v) is 20.1. The number of hydrogen-bond donors (Lipinski definition) is 2. The van der Waals surface area contributed by atoms with Crippen LogP contribution in [0.4, 0.5) is 6.01 Å². The van der Waals surface area contributed by atoms with Gasteiger partial charge in [-0.1, -0.05) is 77.6 Å². The fraction of sp³-hybridized carbons (Fsp3) is 0.205. The van der Waals surface area contributed by atoms with Gasteiger partial charge in [-0.15, -0.1) is 16.9 Å². The van der Waals surface area contributed by atoms with Crippen LogP contribution in [0.5, 0.6) is 11.5 Å². The third-order valence-electron chi connectivity index (χ3n) is 8.80. The van der Waals surface area contributed by atoms with Gasteiger partial charge in [0.2, 0.25) is 5.16 Å². The Kier molecular flexibility index (Phi) is 12.5. The van der Waals surface area contributed by atoms with E-state index in [1.807, 2.05) is 60.7 Å². The minimum Gasteiger partial charge on any atom is -0.448 e. The van der Waals surface area contributed by atoms with Gasteiger partial charge in [-0.05, 0) is 45.3 Å². The number of nitrogens with zero attached hydrogens (tertiary/aromatic N) is 7. The minimum atomic E-state index is -1.19. The number of hydrogen-bond acceptors (Lipinski definition) is 19. The van der Waals surface area contributed by atoms with Crippen molar-refractivity contribution < 1.29 is 52.2 Å². The number of tetrazole rings is 1. The molecule has 312 valence electrons. The van der Waals surface area contributed by atoms with Crippen molar-refractivity contribution >= 4 is 70.9 Å². The number of carbonyl (C=O) groups excluding carboxylic acids is 6. The van der Waals surface area contributed by atoms with Crippen molar-refractivity contribution in [2.75, 3.05) is 17.2 Å². The lowest BCUT2D eigenvalue weighted by molar-refractivity contribution is -0.154. The Bertz CT molecular complexity index is 2540. The molecule has 4 heterocycles. The molecule has 0 radical (unpaired) electrons. The van der Waals surface area contributed by atoms with E-state index in [4.69, 9.17) is 29.2 Å². The van der Waals surface area contributed by atoms with Gasteiger partial charge < -0.3 is 34.5 Å². The normalized spacial score (nSPS) is 16.0. The second kappa shape index (κ2) is 18.3. The summed E-state index contributed by atoms with van der Waals surface area (Å²) in [5.41, 5.74) is 6.60. The van der Waals surface area contributed by atoms with Crippen molar-refractivity contribution in [3.63, 3.8) is 0 Å². The topological polar surface area (TPSA) is 263 Å². The molecule has 2 amide bonds. The Hall–Kier alpha value is -7.33. The number of ether oxygens (including phenoxy) is 3. The van der Waals surface area contributed by atoms with Crippen LogP contribution < -0.4 is 20.5 Å². The maximum Gasteiger partial charge on any atom is 0.365 e. The standard InChI is InChI=1S/C39H33N9O11S2/c1-20(49)56-27-15-14-24(16-28(27)57-21(2)50)36(53)59-44-29(26-17-55-38(40)41-26)33(51)42-30-34(52)48-31(25(18-60-35(30)48)19-61-39-43-45-46-47(39)3)37(54)58-32(22-10-6-4-7-11-22)23-12-8-5-9-13-23/h4-17,30,32,35H,18-19H2,1-3H3,(H2,40,41)(H,42,51)/b44-29-/t30-,35+/m1/s1. The number of benzene rings is 3. The number of anilines is 1. The van der Waals surface area contributed by atoms with E-state index in [0.29, 0.717) is 21.9 Å². The number of oxazole rings is 1. The zero-order valence-electron chi connectivity index (χ0n) is 32.2. The number of carbonyl (C=O) groups is 6. The maximum atomic E-state index is 14.4. The molecule has 1 saturated heterocycles. The predicted octanol–water partition coefficient (Wildman–Crippen LogP) is 2.97. The van der Waals surface area contributed by atoms with Gasteiger partial charge in [-0.2, -0.15) is 4.98 Å². The van der Waals surface area contributed by atoms with Gasteiger partial charge in [-0.25, -0.2) is 14.3 Å². The van der Waals surface area contributed by atoms with Crippen LogP contribution in [-0.2, 0) is 40.6 Å². The number of fused-ring (bicyclic) bond motifs is 1. The van der Waals surface area contributed by atoms with E-state index in [9.17, 15) is 28.8 Å². The third-order valence-corrected chi connectivity index (χ3v) is 11.2. The van der Waals surface area contributed by atoms with Crippen LogP contribution in [0.15, 0.2) is 111 Å². The van der Waals surface area contributed by atoms with E-state index >= 15 is 0 Å². The zero-order valence-corrected chi connectivity index (χ0v) is 33.9. The van der Waals surface area contributed by atoms with Crippen molar-refractivity contribution in [2.24, 2.45) is 12.2 Å². The highest BCUT2D eigenvalue weighted by atomic mass is 32.2. The molecule has 3 N–H and O–H groups in total. The molecule has 20 nitrogen and oxygen atoms in total. The Morgan fingerprint density at radius 1 is 0.967 bits per heavy atom. The number of thioether (sulfide) groups is 2. The number of aromatic nitrogens is 5. The number of aryl methyl sites for hydroxylation is 1. The lowest BCUT2D eigenvalue weighted by Gasteiger charge is -2.49. The number of nitrogens with one attached hydrogen (secondary N) is 1. The lowest BCUT2D eigenvalue weighted by Crippen LogP contribution is -2.71. The van der Waals surface area contributed by atoms with Gasteiger partial charge >= 0.3 is 23.9 Å². The summed E-state index contributed by atoms with van der Waals surface area (Å²) in [6.07, 6.45) is 0.164. The number of esters is 3. The number of nitrogen functional groups attached to an aromatic ring is 1. The molecule has 5 aromatic rings. The first-order valence-electron chi connectivity index (χ1n) is 18.0. The Labute approximate surface area is 353 Å². The molecule has 2 aromatic heterocycles. The molecule has 0 saturated carbocycles. The summed E-state index contributed by atoms with van der Waals surface area (Å²) in [5, 5.41) is 17.6. The highest BCUT2D eigenvalue weighted by molar-refractivity contribution is 8.01. The van der Waals surface area contributed by atoms with E-state index in [-0.39, 0.29) is 46.0 Å². The number of β-lactam (4-membered cyclic amide) rings is 1. The summed E-state index contributed by atoms with van der Waals surface area (Å²) in [6, 6.07) is 20.2. The van der Waals surface area contributed by atoms with E-state index in [0.717, 1.165) is 26.2 Å². The molecule has 7 rings (SSSR count). The van der Waals surface area contributed by atoms with Crippen LogP contribution in [0, 0.1) is 0 Å². The fourth-order valence-electron chi connectivity index (χ4n) is 6.08. The van der Waals surface area contributed by atoms with Crippen LogP contribution >= 0.6 is 23.5 Å². The number of amides is 2. The molecule has 22 heteroatoms. The zero-order chi connectivity index (χ0) is 43.2. The lowest BCUT2D eigenvalue weighted by atomic mass is 10.0. The van der Waals surface area contributed by atoms with Gasteiger partial charge in [0.25, 0.3) is 17.8 Å². The van der Waals surface area contributed by atoms with Crippen LogP contribution in [0.3, 0.4) is 0 Å². The maximum absolute atomic E-state index is 14.4. The van der Waals surface area contributed by atoms with Gasteiger partial charge in [0.1, 0.15) is 29.1 Å². The van der Waals surface area contributed by atoms with Crippen LogP contribution in [0.1, 0.15) is 47.1 Å². The Balaban J connectivity index is 1.14. The molecule has 0 bridgehead atoms. The summed E-state index contributed by atoms with van der Waals surface area (Å²) in [7, 11) is 1.67. The largest absolute Gasteiger partial charge is 0.448 e. The quantitative estimate of drug-likeness (QED) is 0.0309. The number of oxime groups is 1. The molecule has 2 aliphatic rings. The van der Waals surface area contributed by atoms with Gasteiger partial charge in [0.05, 0.1) is 5.56 Å². The van der Waals surface area contributed by atoms with Crippen molar-refractivity contribution in [1.82, 2.24) is 35.4 Å². The van der Waals surface area contributed by atoms with Crippen LogP contribution in [0.2, 0.25) is 0 Å². The highest BCUT2D eigenvalue weighted by Gasteiger charge is 2.55. The summed E-state index contributed by atoms with van der Waals surface area (Å²) >= 11 is 2.56. The second-order valence-electron chi connectivity index (χ2n) is 13.0. The van der Waals surface area contributed by atoms with Gasteiger partial charge in [0, 0.05) is 32.4 Å². The average molecular weight is 868 g/mol. The SMILES string of the molecule is CC(=O)Oc1ccc(C(=O)O/N=C(\C(=O)N[C@@H]2C(=O)N3C(C(=O)OC(c4ccccc4)c4ccccc4)=C(CSc4nnnn4C)CS[C@@H]23)c2coc(N)n2)cc1OC(C)=O. The summed E-state index contributed by atoms with van der Waals surface area (Å²) < 4.78 is 22.9. The predicted molar refractivity (Wildman–Crippen MR) is 214 cm³/mol. The molecule has 2 atom stereocenters. The second-order valence-corrected chi connectivity index (χ2v) is 15.1. The van der Waals surface area contributed by atoms with Crippen molar-refractivity contribution in [1.29, 1.82) is 0 Å². The van der Waals surface area contributed by atoms with E-state index < -0.39 is 58.9 Å². The average Bonchev–Trinajstić information content (AvgIpc) is 3.88. The molecular weight excluding hydrogens is 835 g/mol. The fourth-order valence-corrected chi connectivity index (χ4v) is 8.42. The van der Waals surface area contributed by atoms with Crippen molar-refractivity contribution in [3.8, 4) is 11.5 Å². The van der Waals surface area contributed by atoms with Gasteiger partial charge in [0.15, 0.2) is 23.3 Å². The monoisotopic (exact) mass is 867 g/mol. The van der Waals surface area contributed by atoms with E-state index in [1.54, 1.807) is 7.05 Å². The first kappa shape index (κ1) is 41.8. The molecular formula is C39H33N9O11S2. The molecule has 0 spiro atoms. The summed E-state index contributed by atoms with van der Waals surface area (Å²) in [5.74, 6) is -4.94. The molecule has 2 aliphatic heterocycles. The van der Waals surface area contributed by atoms with Crippen LogP contribution in [0.25, 0.3) is 0 Å².